The molecule has 5 nitrogen and oxygen atoms in total. The number of aromatic nitrogens is 2. The van der Waals surface area contributed by atoms with Crippen molar-refractivity contribution in [2.75, 3.05) is 19.5 Å². The minimum absolute atomic E-state index is 0.0655. The number of aryl methyl sites for hydroxylation is 2. The van der Waals surface area contributed by atoms with Crippen molar-refractivity contribution in [1.29, 1.82) is 0 Å². The first kappa shape index (κ1) is 21.0. The summed E-state index contributed by atoms with van der Waals surface area (Å²) in [5, 5.41) is 0. The molecule has 1 aromatic heterocycles. The van der Waals surface area contributed by atoms with Crippen LogP contribution in [0.15, 0.2) is 72.1 Å². The van der Waals surface area contributed by atoms with E-state index in [1.807, 2.05) is 41.0 Å². The summed E-state index contributed by atoms with van der Waals surface area (Å²) in [4.78, 5) is 5.43. The first-order valence-electron chi connectivity index (χ1n) is 10.2. The van der Waals surface area contributed by atoms with E-state index in [1.54, 1.807) is 13.3 Å². The highest BCUT2D eigenvalue weighted by atomic mass is 32.2. The summed E-state index contributed by atoms with van der Waals surface area (Å²) in [5.41, 5.74) is 2.52. The van der Waals surface area contributed by atoms with Crippen LogP contribution in [0.5, 0.6) is 5.75 Å². The topological polar surface area (TPSA) is 45.5 Å². The van der Waals surface area contributed by atoms with Crippen LogP contribution in [0.3, 0.4) is 0 Å². The molecule has 1 aliphatic heterocycles. The molecule has 0 amide bonds. The van der Waals surface area contributed by atoms with Gasteiger partial charge in [-0.1, -0.05) is 29.8 Å². The van der Waals surface area contributed by atoms with E-state index < -0.39 is 5.79 Å². The Bertz CT molecular complexity index is 913. The Balaban J connectivity index is 1.39. The van der Waals surface area contributed by atoms with Crippen LogP contribution in [0, 0.1) is 6.92 Å². The highest BCUT2D eigenvalue weighted by molar-refractivity contribution is 7.99. The fourth-order valence-electron chi connectivity index (χ4n) is 3.60. The van der Waals surface area contributed by atoms with Gasteiger partial charge in [0.2, 0.25) is 0 Å². The average Bonchev–Trinajstić information content (AvgIpc) is 3.43. The molecule has 0 aliphatic carbocycles. The van der Waals surface area contributed by atoms with Crippen molar-refractivity contribution in [3.05, 3.63) is 78.4 Å². The second-order valence-electron chi connectivity index (χ2n) is 7.67. The number of benzene rings is 2. The summed E-state index contributed by atoms with van der Waals surface area (Å²) < 4.78 is 20.1. The van der Waals surface area contributed by atoms with Crippen LogP contribution < -0.4 is 4.74 Å². The normalized spacial score (nSPS) is 21.1. The lowest BCUT2D eigenvalue weighted by Crippen LogP contribution is -2.37. The van der Waals surface area contributed by atoms with Gasteiger partial charge in [-0.05, 0) is 43.2 Å². The van der Waals surface area contributed by atoms with Crippen LogP contribution in [-0.2, 0) is 22.4 Å². The summed E-state index contributed by atoms with van der Waals surface area (Å²) in [6, 6.07) is 16.8. The minimum Gasteiger partial charge on any atom is -0.497 e. The lowest BCUT2D eigenvalue weighted by molar-refractivity contribution is -0.180. The van der Waals surface area contributed by atoms with E-state index in [2.05, 4.69) is 48.3 Å². The molecular weight excluding hydrogens is 396 g/mol. The molecule has 2 unspecified atom stereocenters. The zero-order chi connectivity index (χ0) is 20.8. The van der Waals surface area contributed by atoms with Crippen molar-refractivity contribution in [1.82, 2.24) is 9.55 Å². The maximum atomic E-state index is 6.52. The number of rotatable bonds is 9. The number of hydrogen-bond donors (Lipinski definition) is 0. The second-order valence-corrected chi connectivity index (χ2v) is 8.76. The zero-order valence-corrected chi connectivity index (χ0v) is 18.3. The minimum atomic E-state index is -0.640. The zero-order valence-electron chi connectivity index (χ0n) is 17.5. The van der Waals surface area contributed by atoms with Crippen LogP contribution >= 0.6 is 11.8 Å². The molecule has 0 bridgehead atoms. The fourth-order valence-corrected chi connectivity index (χ4v) is 4.47. The van der Waals surface area contributed by atoms with Gasteiger partial charge < -0.3 is 18.8 Å². The van der Waals surface area contributed by atoms with E-state index in [9.17, 15) is 0 Å². The Hall–Kier alpha value is -2.28. The van der Waals surface area contributed by atoms with Crippen molar-refractivity contribution in [2.24, 2.45) is 0 Å². The van der Waals surface area contributed by atoms with Gasteiger partial charge in [0.25, 0.3) is 0 Å². The molecule has 158 valence electrons. The molecule has 30 heavy (non-hydrogen) atoms. The number of thioether (sulfide) groups is 1. The van der Waals surface area contributed by atoms with Gasteiger partial charge in [0.05, 0.1) is 32.7 Å². The first-order valence-corrected chi connectivity index (χ1v) is 11.2. The first-order chi connectivity index (χ1) is 14.6. The van der Waals surface area contributed by atoms with Crippen LogP contribution in [0.2, 0.25) is 0 Å². The smallest absolute Gasteiger partial charge is 0.187 e. The number of hydrogen-bond acceptors (Lipinski definition) is 5. The fraction of sp³-hybridized carbons (Fsp3) is 0.375. The Morgan fingerprint density at radius 3 is 2.67 bits per heavy atom. The summed E-state index contributed by atoms with van der Waals surface area (Å²) in [5.74, 6) is 1.10. The van der Waals surface area contributed by atoms with Gasteiger partial charge in [0, 0.05) is 29.5 Å². The third kappa shape index (κ3) is 5.45. The predicted molar refractivity (Wildman–Crippen MR) is 119 cm³/mol. The Kier molecular flexibility index (Phi) is 6.77. The molecule has 2 aromatic carbocycles. The average molecular weight is 425 g/mol. The molecule has 2 atom stereocenters. The SMILES string of the molecule is COc1ccc(CCC2(Cn3ccnc3)OCC(CSc3ccc(C)cc3)O2)cc1. The van der Waals surface area contributed by atoms with Crippen molar-refractivity contribution in [3.63, 3.8) is 0 Å². The van der Waals surface area contributed by atoms with E-state index in [-0.39, 0.29) is 6.10 Å². The van der Waals surface area contributed by atoms with Gasteiger partial charge in [-0.15, -0.1) is 11.8 Å². The third-order valence-electron chi connectivity index (χ3n) is 5.31. The van der Waals surface area contributed by atoms with Crippen molar-refractivity contribution >= 4 is 11.8 Å². The lowest BCUT2D eigenvalue weighted by atomic mass is 10.0. The van der Waals surface area contributed by atoms with Crippen molar-refractivity contribution in [2.45, 2.75) is 43.1 Å². The van der Waals surface area contributed by atoms with Crippen LogP contribution in [0.4, 0.5) is 0 Å². The summed E-state index contributed by atoms with van der Waals surface area (Å²) >= 11 is 1.82. The van der Waals surface area contributed by atoms with E-state index in [4.69, 9.17) is 14.2 Å². The Labute approximate surface area is 182 Å². The molecule has 0 spiro atoms. The van der Waals surface area contributed by atoms with E-state index in [0.29, 0.717) is 13.2 Å². The summed E-state index contributed by atoms with van der Waals surface area (Å²) in [6.07, 6.45) is 7.28. The number of ether oxygens (including phenoxy) is 3. The maximum absolute atomic E-state index is 6.52. The van der Waals surface area contributed by atoms with Gasteiger partial charge in [-0.2, -0.15) is 0 Å². The monoisotopic (exact) mass is 424 g/mol. The largest absolute Gasteiger partial charge is 0.497 e. The van der Waals surface area contributed by atoms with E-state index >= 15 is 0 Å². The quantitative estimate of drug-likeness (QED) is 0.465. The molecule has 1 aliphatic rings. The standard InChI is InChI=1S/C24H28N2O3S/c1-19-3-9-23(10-4-19)30-16-22-15-28-24(29-22,17-26-14-13-25-18-26)12-11-20-5-7-21(27-2)8-6-20/h3-10,13-14,18,22H,11-12,15-17H2,1-2H3. The number of nitrogens with zero attached hydrogens (tertiary/aromatic N) is 2. The molecular formula is C24H28N2O3S. The summed E-state index contributed by atoms with van der Waals surface area (Å²) in [6.45, 7) is 3.35. The predicted octanol–water partition coefficient (Wildman–Crippen LogP) is 4.74. The van der Waals surface area contributed by atoms with Crippen LogP contribution in [-0.4, -0.2) is 40.9 Å². The van der Waals surface area contributed by atoms with Gasteiger partial charge in [0.15, 0.2) is 5.79 Å². The lowest BCUT2D eigenvalue weighted by Gasteiger charge is -2.28. The molecule has 4 rings (SSSR count). The second kappa shape index (κ2) is 9.69. The third-order valence-corrected chi connectivity index (χ3v) is 6.45. The highest BCUT2D eigenvalue weighted by Crippen LogP contribution is 2.33. The van der Waals surface area contributed by atoms with Gasteiger partial charge in [-0.3, -0.25) is 0 Å². The van der Waals surface area contributed by atoms with Gasteiger partial charge in [0.1, 0.15) is 5.75 Å². The molecule has 2 heterocycles. The molecule has 1 saturated heterocycles. The Morgan fingerprint density at radius 1 is 1.17 bits per heavy atom. The maximum Gasteiger partial charge on any atom is 0.187 e. The van der Waals surface area contributed by atoms with E-state index in [1.165, 1.54) is 16.0 Å². The molecule has 0 N–H and O–H groups in total. The van der Waals surface area contributed by atoms with Crippen molar-refractivity contribution in [3.8, 4) is 5.75 Å². The van der Waals surface area contributed by atoms with E-state index in [0.717, 1.165) is 24.3 Å². The molecule has 6 heteroatoms. The summed E-state index contributed by atoms with van der Waals surface area (Å²) in [7, 11) is 1.68. The molecule has 1 fully saturated rings. The van der Waals surface area contributed by atoms with Gasteiger partial charge >= 0.3 is 0 Å². The van der Waals surface area contributed by atoms with Crippen LogP contribution in [0.1, 0.15) is 17.5 Å². The molecule has 3 aromatic rings. The highest BCUT2D eigenvalue weighted by Gasteiger charge is 2.41. The molecule has 0 saturated carbocycles. The number of methoxy groups -OCH3 is 1. The molecule has 0 radical (unpaired) electrons. The van der Waals surface area contributed by atoms with Crippen LogP contribution in [0.25, 0.3) is 0 Å². The van der Waals surface area contributed by atoms with Crippen molar-refractivity contribution < 1.29 is 14.2 Å². The number of imidazole rings is 1. The Morgan fingerprint density at radius 2 is 1.97 bits per heavy atom. The van der Waals surface area contributed by atoms with Gasteiger partial charge in [-0.25, -0.2) is 4.98 Å².